The van der Waals surface area contributed by atoms with Gasteiger partial charge in [0.05, 0.1) is 13.1 Å². The van der Waals surface area contributed by atoms with E-state index < -0.39 is 0 Å². The Hall–Kier alpha value is -0.790. The van der Waals surface area contributed by atoms with E-state index in [0.717, 1.165) is 0 Å². The summed E-state index contributed by atoms with van der Waals surface area (Å²) < 4.78 is 5.20. The van der Waals surface area contributed by atoms with E-state index in [4.69, 9.17) is 0 Å². The summed E-state index contributed by atoms with van der Waals surface area (Å²) >= 11 is 0. The molecule has 2 heteroatoms. The predicted molar refractivity (Wildman–Crippen MR) is 170 cm³/mol. The first-order valence-corrected chi connectivity index (χ1v) is 17.9. The van der Waals surface area contributed by atoms with Crippen LogP contribution in [0.3, 0.4) is 0 Å². The first kappa shape index (κ1) is 35.2. The summed E-state index contributed by atoms with van der Waals surface area (Å²) in [5, 5.41) is 0. The topological polar surface area (TPSA) is 8.81 Å². The van der Waals surface area contributed by atoms with Gasteiger partial charge in [0.2, 0.25) is 0 Å². The lowest BCUT2D eigenvalue weighted by Gasteiger charge is -2.07. The highest BCUT2D eigenvalue weighted by Gasteiger charge is 2.16. The molecule has 0 aliphatic heterocycles. The summed E-state index contributed by atoms with van der Waals surface area (Å²) in [4.78, 5) is 0. The van der Waals surface area contributed by atoms with Crippen LogP contribution in [0, 0.1) is 0 Å². The summed E-state index contributed by atoms with van der Waals surface area (Å²) in [6, 6.07) is 0. The van der Waals surface area contributed by atoms with E-state index in [2.05, 4.69) is 42.3 Å². The van der Waals surface area contributed by atoms with Crippen LogP contribution >= 0.6 is 0 Å². The van der Waals surface area contributed by atoms with Crippen molar-refractivity contribution in [2.45, 2.75) is 214 Å². The van der Waals surface area contributed by atoms with E-state index in [1.807, 2.05) is 0 Å². The fourth-order valence-corrected chi connectivity index (χ4v) is 5.97. The summed E-state index contributed by atoms with van der Waals surface area (Å²) in [7, 11) is 0. The smallest absolute Gasteiger partial charge is 0.234 e. The molecule has 0 spiro atoms. The number of unbranched alkanes of at least 4 members (excludes halogenated alkanes) is 24. The number of aryl methyl sites for hydroxylation is 2. The molecule has 1 rings (SSSR count). The number of imidazole rings is 1. The fourth-order valence-electron chi connectivity index (χ4n) is 5.97. The molecule has 0 saturated heterocycles. The van der Waals surface area contributed by atoms with Crippen LogP contribution in [-0.2, 0) is 19.5 Å². The van der Waals surface area contributed by atoms with Gasteiger partial charge in [-0.25, -0.2) is 9.13 Å². The second-order valence-electron chi connectivity index (χ2n) is 12.3. The van der Waals surface area contributed by atoms with E-state index in [9.17, 15) is 0 Å². The molecule has 1 aromatic rings. The third kappa shape index (κ3) is 20.2. The number of rotatable bonds is 30. The van der Waals surface area contributed by atoms with Crippen LogP contribution in [0.25, 0.3) is 0 Å². The Morgan fingerprint density at radius 2 is 0.816 bits per heavy atom. The van der Waals surface area contributed by atoms with Gasteiger partial charge in [-0.15, -0.1) is 0 Å². The third-order valence-electron chi connectivity index (χ3n) is 8.60. The molecule has 1 aromatic heterocycles. The Morgan fingerprint density at radius 1 is 0.447 bits per heavy atom. The molecule has 0 fully saturated rings. The Labute approximate surface area is 240 Å². The lowest BCUT2D eigenvalue weighted by molar-refractivity contribution is -0.704. The van der Waals surface area contributed by atoms with Crippen molar-refractivity contribution in [3.63, 3.8) is 0 Å². The largest absolute Gasteiger partial charge is 0.256 e. The van der Waals surface area contributed by atoms with Crippen molar-refractivity contribution in [1.82, 2.24) is 4.57 Å². The lowest BCUT2D eigenvalue weighted by Crippen LogP contribution is -2.37. The van der Waals surface area contributed by atoms with Gasteiger partial charge >= 0.3 is 0 Å². The fraction of sp³-hybridized carbons (Fsp3) is 0.917. The number of aromatic nitrogens is 2. The molecular weight excluding hydrogens is 460 g/mol. The Kier molecular flexibility index (Phi) is 25.7. The van der Waals surface area contributed by atoms with Crippen LogP contribution < -0.4 is 4.57 Å². The minimum absolute atomic E-state index is 1.22. The predicted octanol–water partition coefficient (Wildman–Crippen LogP) is 11.9. The van der Waals surface area contributed by atoms with Crippen LogP contribution in [0.2, 0.25) is 0 Å². The number of hydrogen-bond acceptors (Lipinski definition) is 0. The monoisotopic (exact) mass is 532 g/mol. The first-order chi connectivity index (χ1) is 18.8. The second-order valence-corrected chi connectivity index (χ2v) is 12.3. The molecule has 1 heterocycles. The van der Waals surface area contributed by atoms with Crippen molar-refractivity contribution < 1.29 is 4.57 Å². The molecule has 0 aliphatic rings. The van der Waals surface area contributed by atoms with Crippen molar-refractivity contribution in [3.8, 4) is 0 Å². The van der Waals surface area contributed by atoms with Crippen LogP contribution in [0.4, 0.5) is 0 Å². The number of nitrogens with zero attached hydrogens (tertiary/aromatic N) is 2. The van der Waals surface area contributed by atoms with E-state index in [0.29, 0.717) is 0 Å². The minimum atomic E-state index is 1.22. The van der Waals surface area contributed by atoms with Crippen LogP contribution in [0.5, 0.6) is 0 Å². The SMILES string of the molecule is CCCCCCCCCCCCCCCCc1n(CCCCCCCCCCCC)cc[n+]1CCCCC. The molecule has 0 N–H and O–H groups in total. The average molecular weight is 532 g/mol. The first-order valence-electron chi connectivity index (χ1n) is 17.9. The van der Waals surface area contributed by atoms with Crippen molar-refractivity contribution in [1.29, 1.82) is 0 Å². The molecule has 0 aliphatic carbocycles. The molecule has 38 heavy (non-hydrogen) atoms. The Bertz CT molecular complexity index is 590. The quantitative estimate of drug-likeness (QED) is 0.0689. The van der Waals surface area contributed by atoms with Crippen LogP contribution in [0.15, 0.2) is 12.4 Å². The maximum Gasteiger partial charge on any atom is 0.256 e. The van der Waals surface area contributed by atoms with Gasteiger partial charge in [0.1, 0.15) is 12.4 Å². The summed E-state index contributed by atoms with van der Waals surface area (Å²) in [5.41, 5.74) is 0. The minimum Gasteiger partial charge on any atom is -0.234 e. The molecule has 0 saturated carbocycles. The molecule has 0 radical (unpaired) electrons. The van der Waals surface area contributed by atoms with Gasteiger partial charge in [-0.05, 0) is 32.1 Å². The van der Waals surface area contributed by atoms with Gasteiger partial charge in [0.25, 0.3) is 5.82 Å². The maximum absolute atomic E-state index is 2.61. The van der Waals surface area contributed by atoms with E-state index >= 15 is 0 Å². The molecule has 0 unspecified atom stereocenters. The summed E-state index contributed by atoms with van der Waals surface area (Å²) in [6.07, 6.45) is 44.5. The molecule has 0 aromatic carbocycles. The second kappa shape index (κ2) is 27.8. The zero-order chi connectivity index (χ0) is 27.4. The van der Waals surface area contributed by atoms with E-state index in [1.54, 1.807) is 5.82 Å². The van der Waals surface area contributed by atoms with Crippen LogP contribution in [0.1, 0.15) is 200 Å². The molecule has 224 valence electrons. The molecule has 0 bridgehead atoms. The van der Waals surface area contributed by atoms with Crippen LogP contribution in [-0.4, -0.2) is 4.57 Å². The maximum atomic E-state index is 2.61. The zero-order valence-corrected chi connectivity index (χ0v) is 26.8. The van der Waals surface area contributed by atoms with Gasteiger partial charge in [0, 0.05) is 6.42 Å². The summed E-state index contributed by atoms with van der Waals surface area (Å²) in [6.45, 7) is 9.38. The highest BCUT2D eigenvalue weighted by Crippen LogP contribution is 2.15. The van der Waals surface area contributed by atoms with Gasteiger partial charge in [0.15, 0.2) is 0 Å². The van der Waals surface area contributed by atoms with E-state index in [-0.39, 0.29) is 0 Å². The standard InChI is InChI=1S/C36H71N2/c1-4-7-10-12-14-16-18-19-20-21-22-24-26-28-31-36-37(32-29-9-6-3)34-35-38(36)33-30-27-25-23-17-15-13-11-8-5-2/h34-35H,4-33H2,1-3H3/q+1. The Balaban J connectivity index is 2.17. The zero-order valence-electron chi connectivity index (χ0n) is 26.8. The van der Waals surface area contributed by atoms with E-state index in [1.165, 1.54) is 193 Å². The molecule has 0 amide bonds. The van der Waals surface area contributed by atoms with Crippen molar-refractivity contribution >= 4 is 0 Å². The van der Waals surface area contributed by atoms with Crippen molar-refractivity contribution in [3.05, 3.63) is 18.2 Å². The van der Waals surface area contributed by atoms with Gasteiger partial charge in [-0.2, -0.15) is 0 Å². The normalized spacial score (nSPS) is 11.6. The molecule has 2 nitrogen and oxygen atoms in total. The van der Waals surface area contributed by atoms with Gasteiger partial charge in [-0.1, -0.05) is 162 Å². The molecule has 0 atom stereocenters. The highest BCUT2D eigenvalue weighted by molar-refractivity contribution is 4.84. The average Bonchev–Trinajstić information content (AvgIpc) is 3.31. The number of hydrogen-bond donors (Lipinski definition) is 0. The summed E-state index contributed by atoms with van der Waals surface area (Å²) in [5.74, 6) is 1.61. The van der Waals surface area contributed by atoms with Gasteiger partial charge < -0.3 is 0 Å². The van der Waals surface area contributed by atoms with Crippen molar-refractivity contribution in [2.24, 2.45) is 0 Å². The van der Waals surface area contributed by atoms with Crippen molar-refractivity contribution in [2.75, 3.05) is 0 Å². The highest BCUT2D eigenvalue weighted by atomic mass is 15.1. The Morgan fingerprint density at radius 3 is 1.26 bits per heavy atom. The third-order valence-corrected chi connectivity index (χ3v) is 8.60. The lowest BCUT2D eigenvalue weighted by atomic mass is 10.0. The molecular formula is C36H71N2+. The van der Waals surface area contributed by atoms with Gasteiger partial charge in [-0.3, -0.25) is 0 Å².